The van der Waals surface area contributed by atoms with Crippen molar-refractivity contribution >= 4 is 44.8 Å². The summed E-state index contributed by atoms with van der Waals surface area (Å²) in [5.41, 5.74) is 1.76. The highest BCUT2D eigenvalue weighted by atomic mass is 32.2. The first kappa shape index (κ1) is 38.6. The molecule has 0 aromatic heterocycles. The van der Waals surface area contributed by atoms with Gasteiger partial charge in [0, 0.05) is 43.3 Å². The highest BCUT2D eigenvalue weighted by Crippen LogP contribution is 2.47. The number of para-hydroxylation sites is 1. The number of sulfone groups is 1. The molecular formula is C39H52N4O6S2. The molecule has 276 valence electrons. The number of hydrogen-bond donors (Lipinski definition) is 2. The first-order valence-corrected chi connectivity index (χ1v) is 20.9. The Labute approximate surface area is 307 Å². The molecule has 0 bridgehead atoms. The molecule has 1 saturated heterocycles. The second-order valence-corrected chi connectivity index (χ2v) is 16.2. The number of morpholine rings is 1. The molecule has 5 rings (SSSR count). The van der Waals surface area contributed by atoms with Gasteiger partial charge in [-0.1, -0.05) is 75.2 Å². The van der Waals surface area contributed by atoms with Crippen molar-refractivity contribution in [2.75, 3.05) is 69.5 Å². The average molecular weight is 737 g/mol. The lowest BCUT2D eigenvalue weighted by atomic mass is 9.81. The van der Waals surface area contributed by atoms with E-state index in [1.54, 1.807) is 18.2 Å². The fourth-order valence-electron chi connectivity index (χ4n) is 6.87. The second-order valence-electron chi connectivity index (χ2n) is 13.4. The van der Waals surface area contributed by atoms with E-state index in [-0.39, 0.29) is 16.6 Å². The number of unbranched alkanes of at least 4 members (excludes halogenated alkanes) is 1. The molecule has 12 heteroatoms. The number of ether oxygens (including phenoxy) is 2. The monoisotopic (exact) mass is 736 g/mol. The van der Waals surface area contributed by atoms with Gasteiger partial charge in [-0.2, -0.15) is 0 Å². The van der Waals surface area contributed by atoms with Gasteiger partial charge in [-0.05, 0) is 55.8 Å². The number of rotatable bonds is 16. The summed E-state index contributed by atoms with van der Waals surface area (Å²) in [6.07, 6.45) is 6.14. The van der Waals surface area contributed by atoms with Crippen LogP contribution < -0.4 is 20.3 Å². The Hall–Kier alpha value is -3.58. The highest BCUT2D eigenvalue weighted by molar-refractivity contribution is 7.98. The van der Waals surface area contributed by atoms with Gasteiger partial charge in [0.1, 0.15) is 11.8 Å². The lowest BCUT2D eigenvalue weighted by molar-refractivity contribution is -0.130. The van der Waals surface area contributed by atoms with E-state index in [1.807, 2.05) is 60.9 Å². The molecule has 2 atom stereocenters. The van der Waals surface area contributed by atoms with Gasteiger partial charge in [0.2, 0.25) is 5.91 Å². The van der Waals surface area contributed by atoms with E-state index < -0.39 is 33.8 Å². The van der Waals surface area contributed by atoms with Gasteiger partial charge in [0.15, 0.2) is 16.4 Å². The maximum atomic E-state index is 14.3. The van der Waals surface area contributed by atoms with Crippen LogP contribution in [0.4, 0.5) is 11.4 Å². The molecule has 0 aliphatic carbocycles. The van der Waals surface area contributed by atoms with E-state index in [2.05, 4.69) is 34.3 Å². The lowest BCUT2D eigenvalue weighted by Crippen LogP contribution is -2.43. The Morgan fingerprint density at radius 2 is 1.71 bits per heavy atom. The Morgan fingerprint density at radius 1 is 1.00 bits per heavy atom. The minimum atomic E-state index is -3.73. The molecule has 51 heavy (non-hydrogen) atoms. The van der Waals surface area contributed by atoms with Crippen LogP contribution in [-0.4, -0.2) is 89.7 Å². The number of carbonyl (C=O) groups is 2. The SMILES string of the molecule is CCCCC1(CC)CN(c2ccccc2)c2cc(SC)c(OCC(=O)N[C@@H](C(=O)NCCCN3CCOCC3)c3ccccc3)cc2S(=O)(=O)C1. The largest absolute Gasteiger partial charge is 0.483 e. The summed E-state index contributed by atoms with van der Waals surface area (Å²) in [4.78, 5) is 32.2. The molecular weight excluding hydrogens is 685 g/mol. The minimum Gasteiger partial charge on any atom is -0.483 e. The van der Waals surface area contributed by atoms with Crippen LogP contribution in [0.1, 0.15) is 57.6 Å². The number of anilines is 2. The summed E-state index contributed by atoms with van der Waals surface area (Å²) >= 11 is 1.43. The maximum absolute atomic E-state index is 14.3. The van der Waals surface area contributed by atoms with E-state index in [0.717, 1.165) is 70.6 Å². The van der Waals surface area contributed by atoms with Crippen molar-refractivity contribution in [2.24, 2.45) is 5.41 Å². The first-order chi connectivity index (χ1) is 24.7. The smallest absolute Gasteiger partial charge is 0.258 e. The molecule has 2 N–H and O–H groups in total. The zero-order valence-corrected chi connectivity index (χ0v) is 31.7. The minimum absolute atomic E-state index is 0.0334. The van der Waals surface area contributed by atoms with Crippen LogP contribution in [0.25, 0.3) is 0 Å². The average Bonchev–Trinajstić information content (AvgIpc) is 3.25. The number of hydrogen-bond acceptors (Lipinski definition) is 9. The summed E-state index contributed by atoms with van der Waals surface area (Å²) in [5, 5.41) is 5.83. The Morgan fingerprint density at radius 3 is 2.37 bits per heavy atom. The zero-order chi connectivity index (χ0) is 36.3. The third-order valence-corrected chi connectivity index (χ3v) is 12.6. The topological polar surface area (TPSA) is 117 Å². The maximum Gasteiger partial charge on any atom is 0.258 e. The van der Waals surface area contributed by atoms with Crippen LogP contribution in [0.2, 0.25) is 0 Å². The molecule has 2 aliphatic rings. The predicted molar refractivity (Wildman–Crippen MR) is 204 cm³/mol. The van der Waals surface area contributed by atoms with Gasteiger partial charge in [-0.3, -0.25) is 14.5 Å². The van der Waals surface area contributed by atoms with Crippen LogP contribution in [0, 0.1) is 5.41 Å². The van der Waals surface area contributed by atoms with E-state index in [9.17, 15) is 18.0 Å². The first-order valence-electron chi connectivity index (χ1n) is 18.0. The second kappa shape index (κ2) is 18.3. The van der Waals surface area contributed by atoms with Crippen LogP contribution in [0.5, 0.6) is 5.75 Å². The molecule has 0 saturated carbocycles. The third kappa shape index (κ3) is 10.1. The molecule has 3 aromatic rings. The van der Waals surface area contributed by atoms with Crippen molar-refractivity contribution in [3.63, 3.8) is 0 Å². The van der Waals surface area contributed by atoms with Crippen molar-refractivity contribution in [3.8, 4) is 5.75 Å². The third-order valence-electron chi connectivity index (χ3n) is 9.85. The van der Waals surface area contributed by atoms with Crippen molar-refractivity contribution in [1.82, 2.24) is 15.5 Å². The summed E-state index contributed by atoms with van der Waals surface area (Å²) in [6, 6.07) is 21.6. The normalized spacial score (nSPS) is 19.4. The highest BCUT2D eigenvalue weighted by Gasteiger charge is 2.42. The number of nitrogens with one attached hydrogen (secondary N) is 2. The van der Waals surface area contributed by atoms with Gasteiger partial charge < -0.3 is 25.0 Å². The molecule has 2 aliphatic heterocycles. The summed E-state index contributed by atoms with van der Waals surface area (Å²) < 4.78 is 40.0. The van der Waals surface area contributed by atoms with E-state index in [4.69, 9.17) is 9.47 Å². The van der Waals surface area contributed by atoms with Crippen LogP contribution in [-0.2, 0) is 24.2 Å². The zero-order valence-electron chi connectivity index (χ0n) is 30.1. The summed E-state index contributed by atoms with van der Waals surface area (Å²) in [5.74, 6) is -0.450. The van der Waals surface area contributed by atoms with Crippen molar-refractivity contribution in [3.05, 3.63) is 78.4 Å². The van der Waals surface area contributed by atoms with Crippen molar-refractivity contribution < 1.29 is 27.5 Å². The van der Waals surface area contributed by atoms with Gasteiger partial charge >= 0.3 is 0 Å². The van der Waals surface area contributed by atoms with E-state index >= 15 is 0 Å². The Balaban J connectivity index is 1.35. The van der Waals surface area contributed by atoms with Gasteiger partial charge in [0.05, 0.1) is 34.4 Å². The fourth-order valence-corrected chi connectivity index (χ4v) is 9.60. The predicted octanol–water partition coefficient (Wildman–Crippen LogP) is 6.00. The molecule has 1 unspecified atom stereocenters. The number of fused-ring (bicyclic) bond motifs is 1. The van der Waals surface area contributed by atoms with Crippen molar-refractivity contribution in [2.45, 2.75) is 61.8 Å². The van der Waals surface area contributed by atoms with Crippen molar-refractivity contribution in [1.29, 1.82) is 0 Å². The lowest BCUT2D eigenvalue weighted by Gasteiger charge is -2.36. The van der Waals surface area contributed by atoms with Crippen LogP contribution >= 0.6 is 11.8 Å². The number of nitrogens with zero attached hydrogens (tertiary/aromatic N) is 2. The van der Waals surface area contributed by atoms with Gasteiger partial charge in [-0.25, -0.2) is 8.42 Å². The molecule has 3 aromatic carbocycles. The van der Waals surface area contributed by atoms with Crippen LogP contribution in [0.15, 0.2) is 82.6 Å². The molecule has 0 spiro atoms. The molecule has 0 radical (unpaired) electrons. The Bertz CT molecular complexity index is 1700. The fraction of sp³-hybridized carbons (Fsp3) is 0.487. The van der Waals surface area contributed by atoms with E-state index in [1.165, 1.54) is 11.8 Å². The van der Waals surface area contributed by atoms with Crippen LogP contribution in [0.3, 0.4) is 0 Å². The summed E-state index contributed by atoms with van der Waals surface area (Å²) in [7, 11) is -3.73. The molecule has 2 heterocycles. The molecule has 2 amide bonds. The number of thioether (sulfide) groups is 1. The van der Waals surface area contributed by atoms with Gasteiger partial charge in [-0.15, -0.1) is 11.8 Å². The Kier molecular flexibility index (Phi) is 13.8. The number of amides is 2. The van der Waals surface area contributed by atoms with Gasteiger partial charge in [0.25, 0.3) is 5.91 Å². The molecule has 10 nitrogen and oxygen atoms in total. The standard InChI is InChI=1S/C39H52N4O6S2/c1-4-6-18-39(5-2)28-43(31-16-11-8-12-17-31)32-25-34(50-3)33(26-35(32)51(46,47)29-39)49-27-36(44)41-37(30-14-9-7-10-15-30)38(45)40-19-13-20-42-21-23-48-24-22-42/h7-12,14-17,25-26,37H,4-6,13,18-24,27-29H2,1-3H3,(H,40,45)(H,41,44)/t37-,39?/m1/s1. The van der Waals surface area contributed by atoms with E-state index in [0.29, 0.717) is 35.0 Å². The quantitative estimate of drug-likeness (QED) is 0.135. The molecule has 1 fully saturated rings. The number of benzene rings is 3. The number of carbonyl (C=O) groups excluding carboxylic acids is 2. The summed E-state index contributed by atoms with van der Waals surface area (Å²) in [6.45, 7) is 8.94.